The Bertz CT molecular complexity index is 323. The second-order valence-electron chi connectivity index (χ2n) is 4.53. The molecule has 1 fully saturated rings. The van der Waals surface area contributed by atoms with Crippen LogP contribution in [0, 0.1) is 5.92 Å². The van der Waals surface area contributed by atoms with Crippen molar-refractivity contribution in [3.05, 3.63) is 29.8 Å². The molecule has 0 unspecified atom stereocenters. The van der Waals surface area contributed by atoms with Crippen LogP contribution in [-0.2, 0) is 10.2 Å². The maximum absolute atomic E-state index is 5.38. The van der Waals surface area contributed by atoms with Gasteiger partial charge >= 0.3 is 0 Å². The van der Waals surface area contributed by atoms with Gasteiger partial charge in [-0.05, 0) is 23.6 Å². The summed E-state index contributed by atoms with van der Waals surface area (Å²) in [6.45, 7) is 6.20. The van der Waals surface area contributed by atoms with Crippen molar-refractivity contribution in [3.8, 4) is 5.75 Å². The van der Waals surface area contributed by atoms with Crippen LogP contribution in [0.4, 0.5) is 0 Å². The van der Waals surface area contributed by atoms with Crippen molar-refractivity contribution in [2.45, 2.75) is 19.3 Å². The number of hydrogen-bond acceptors (Lipinski definition) is 2. The van der Waals surface area contributed by atoms with E-state index in [4.69, 9.17) is 9.47 Å². The van der Waals surface area contributed by atoms with Crippen molar-refractivity contribution >= 4 is 0 Å². The molecule has 1 aromatic carbocycles. The van der Waals surface area contributed by atoms with Gasteiger partial charge in [0.2, 0.25) is 0 Å². The van der Waals surface area contributed by atoms with E-state index in [9.17, 15) is 0 Å². The Morgan fingerprint density at radius 2 is 1.80 bits per heavy atom. The molecule has 0 radical (unpaired) electrons. The van der Waals surface area contributed by atoms with Crippen LogP contribution in [0.1, 0.15) is 19.4 Å². The van der Waals surface area contributed by atoms with Gasteiger partial charge in [-0.15, -0.1) is 0 Å². The molecular weight excluding hydrogens is 188 g/mol. The fourth-order valence-electron chi connectivity index (χ4n) is 2.08. The number of ether oxygens (including phenoxy) is 2. The highest BCUT2D eigenvalue weighted by atomic mass is 16.5. The van der Waals surface area contributed by atoms with Gasteiger partial charge in [-0.3, -0.25) is 0 Å². The third-order valence-electron chi connectivity index (χ3n) is 3.49. The fourth-order valence-corrected chi connectivity index (χ4v) is 2.08. The first-order chi connectivity index (χ1) is 7.19. The third-order valence-corrected chi connectivity index (χ3v) is 3.49. The summed E-state index contributed by atoms with van der Waals surface area (Å²) in [5.41, 5.74) is 1.59. The standard InChI is InChI=1S/C13H18O2/c1-10(2)13(8-15-9-13)11-4-6-12(14-3)7-5-11/h4-7,10H,8-9H2,1-3H3. The zero-order valence-corrected chi connectivity index (χ0v) is 9.62. The summed E-state index contributed by atoms with van der Waals surface area (Å²) in [5, 5.41) is 0. The number of benzene rings is 1. The maximum Gasteiger partial charge on any atom is 0.118 e. The minimum atomic E-state index is 0.228. The first-order valence-electron chi connectivity index (χ1n) is 5.41. The highest BCUT2D eigenvalue weighted by Crippen LogP contribution is 2.39. The van der Waals surface area contributed by atoms with E-state index in [2.05, 4.69) is 26.0 Å². The summed E-state index contributed by atoms with van der Waals surface area (Å²) in [7, 11) is 1.69. The van der Waals surface area contributed by atoms with E-state index in [0.717, 1.165) is 19.0 Å². The Kier molecular flexibility index (Phi) is 2.70. The topological polar surface area (TPSA) is 18.5 Å². The van der Waals surface area contributed by atoms with Gasteiger partial charge in [0.05, 0.1) is 20.3 Å². The van der Waals surface area contributed by atoms with E-state index in [-0.39, 0.29) is 5.41 Å². The SMILES string of the molecule is COc1ccc(C2(C(C)C)COC2)cc1. The van der Waals surface area contributed by atoms with Crippen LogP contribution in [0.3, 0.4) is 0 Å². The Balaban J connectivity index is 2.27. The lowest BCUT2D eigenvalue weighted by atomic mass is 9.70. The predicted molar refractivity (Wildman–Crippen MR) is 60.3 cm³/mol. The molecule has 2 rings (SSSR count). The second-order valence-corrected chi connectivity index (χ2v) is 4.53. The van der Waals surface area contributed by atoms with Crippen molar-refractivity contribution < 1.29 is 9.47 Å². The Labute approximate surface area is 91.2 Å². The van der Waals surface area contributed by atoms with Crippen LogP contribution in [0.15, 0.2) is 24.3 Å². The molecule has 0 atom stereocenters. The van der Waals surface area contributed by atoms with E-state index in [1.807, 2.05) is 12.1 Å². The number of hydrogen-bond donors (Lipinski definition) is 0. The summed E-state index contributed by atoms with van der Waals surface area (Å²) in [6.07, 6.45) is 0. The predicted octanol–water partition coefficient (Wildman–Crippen LogP) is 2.62. The van der Waals surface area contributed by atoms with Gasteiger partial charge in [0.15, 0.2) is 0 Å². The molecule has 0 aromatic heterocycles. The molecule has 1 heterocycles. The third kappa shape index (κ3) is 1.63. The molecule has 1 aromatic rings. The minimum Gasteiger partial charge on any atom is -0.497 e. The van der Waals surface area contributed by atoms with E-state index in [1.54, 1.807) is 7.11 Å². The second kappa shape index (κ2) is 3.86. The average Bonchev–Trinajstić information content (AvgIpc) is 2.16. The summed E-state index contributed by atoms with van der Waals surface area (Å²) in [6, 6.07) is 8.36. The van der Waals surface area contributed by atoms with Crippen molar-refractivity contribution in [2.24, 2.45) is 5.92 Å². The lowest BCUT2D eigenvalue weighted by Gasteiger charge is -2.45. The summed E-state index contributed by atoms with van der Waals surface area (Å²) in [5.74, 6) is 1.53. The molecule has 0 amide bonds. The molecule has 2 nitrogen and oxygen atoms in total. The smallest absolute Gasteiger partial charge is 0.118 e. The largest absolute Gasteiger partial charge is 0.497 e. The minimum absolute atomic E-state index is 0.228. The molecule has 15 heavy (non-hydrogen) atoms. The van der Waals surface area contributed by atoms with Crippen LogP contribution >= 0.6 is 0 Å². The van der Waals surface area contributed by atoms with Gasteiger partial charge in [0.1, 0.15) is 5.75 Å². The van der Waals surface area contributed by atoms with E-state index in [1.165, 1.54) is 5.56 Å². The van der Waals surface area contributed by atoms with Crippen LogP contribution in [0.2, 0.25) is 0 Å². The molecule has 0 bridgehead atoms. The zero-order valence-electron chi connectivity index (χ0n) is 9.62. The van der Waals surface area contributed by atoms with Gasteiger partial charge in [-0.1, -0.05) is 26.0 Å². The first-order valence-corrected chi connectivity index (χ1v) is 5.41. The number of rotatable bonds is 3. The quantitative estimate of drug-likeness (QED) is 0.757. The van der Waals surface area contributed by atoms with Gasteiger partial charge in [0.25, 0.3) is 0 Å². The molecule has 1 aliphatic rings. The highest BCUT2D eigenvalue weighted by Gasteiger charge is 2.42. The first kappa shape index (κ1) is 10.5. The molecule has 1 aliphatic heterocycles. The lowest BCUT2D eigenvalue weighted by Crippen LogP contribution is -2.50. The molecule has 0 spiro atoms. The van der Waals surface area contributed by atoms with Gasteiger partial charge in [0, 0.05) is 5.41 Å². The van der Waals surface area contributed by atoms with Crippen LogP contribution < -0.4 is 4.74 Å². The number of methoxy groups -OCH3 is 1. The summed E-state index contributed by atoms with van der Waals surface area (Å²) >= 11 is 0. The van der Waals surface area contributed by atoms with E-state index < -0.39 is 0 Å². The molecule has 0 N–H and O–H groups in total. The summed E-state index contributed by atoms with van der Waals surface area (Å²) in [4.78, 5) is 0. The molecule has 1 saturated heterocycles. The van der Waals surface area contributed by atoms with Crippen LogP contribution in [-0.4, -0.2) is 20.3 Å². The molecule has 82 valence electrons. The van der Waals surface area contributed by atoms with Gasteiger partial charge in [-0.2, -0.15) is 0 Å². The highest BCUT2D eigenvalue weighted by molar-refractivity contribution is 5.34. The Morgan fingerprint density at radius 3 is 2.13 bits per heavy atom. The molecule has 2 heteroatoms. The Morgan fingerprint density at radius 1 is 1.20 bits per heavy atom. The van der Waals surface area contributed by atoms with E-state index >= 15 is 0 Å². The summed E-state index contributed by atoms with van der Waals surface area (Å²) < 4.78 is 10.5. The van der Waals surface area contributed by atoms with Crippen molar-refractivity contribution in [2.75, 3.05) is 20.3 Å². The molecular formula is C13H18O2. The van der Waals surface area contributed by atoms with Crippen molar-refractivity contribution in [1.82, 2.24) is 0 Å². The van der Waals surface area contributed by atoms with Crippen molar-refractivity contribution in [3.63, 3.8) is 0 Å². The van der Waals surface area contributed by atoms with Crippen molar-refractivity contribution in [1.29, 1.82) is 0 Å². The Hall–Kier alpha value is -1.02. The normalized spacial score (nSPS) is 18.7. The van der Waals surface area contributed by atoms with Gasteiger partial charge < -0.3 is 9.47 Å². The maximum atomic E-state index is 5.38. The monoisotopic (exact) mass is 206 g/mol. The zero-order chi connectivity index (χ0) is 10.9. The molecule has 0 saturated carbocycles. The average molecular weight is 206 g/mol. The van der Waals surface area contributed by atoms with Crippen LogP contribution in [0.25, 0.3) is 0 Å². The van der Waals surface area contributed by atoms with Gasteiger partial charge in [-0.25, -0.2) is 0 Å². The molecule has 0 aliphatic carbocycles. The van der Waals surface area contributed by atoms with Crippen LogP contribution in [0.5, 0.6) is 5.75 Å². The fraction of sp³-hybridized carbons (Fsp3) is 0.538. The van der Waals surface area contributed by atoms with E-state index in [0.29, 0.717) is 5.92 Å². The lowest BCUT2D eigenvalue weighted by molar-refractivity contribution is -0.0836.